The Bertz CT molecular complexity index is 776. The van der Waals surface area contributed by atoms with Gasteiger partial charge in [-0.25, -0.2) is 4.79 Å². The second-order valence-corrected chi connectivity index (χ2v) is 6.41. The van der Waals surface area contributed by atoms with E-state index >= 15 is 0 Å². The van der Waals surface area contributed by atoms with Crippen molar-refractivity contribution in [2.24, 2.45) is 0 Å². The zero-order valence-corrected chi connectivity index (χ0v) is 13.6. The number of carbonyl (C=O) groups excluding carboxylic acids is 2. The number of hydrogen-bond donors (Lipinski definition) is 2. The molecule has 2 N–H and O–H groups in total. The Hall–Kier alpha value is -2.90. The smallest absolute Gasteiger partial charge is 0.322 e. The Morgan fingerprint density at radius 1 is 1.32 bits per heavy atom. The van der Waals surface area contributed by atoms with Crippen LogP contribution in [0.3, 0.4) is 0 Å². The van der Waals surface area contributed by atoms with Crippen molar-refractivity contribution in [1.82, 2.24) is 20.4 Å². The van der Waals surface area contributed by atoms with E-state index in [1.165, 1.54) is 6.39 Å². The molecule has 2 aliphatic rings. The highest BCUT2D eigenvalue weighted by molar-refractivity contribution is 5.94. The van der Waals surface area contributed by atoms with Crippen molar-refractivity contribution in [2.75, 3.05) is 11.9 Å². The predicted octanol–water partition coefficient (Wildman–Crippen LogP) is 2.01. The summed E-state index contributed by atoms with van der Waals surface area (Å²) in [4.78, 5) is 26.3. The lowest BCUT2D eigenvalue weighted by Crippen LogP contribution is -2.63. The number of aromatic nitrogens is 2. The van der Waals surface area contributed by atoms with Crippen LogP contribution in [0.4, 0.5) is 10.5 Å². The van der Waals surface area contributed by atoms with Crippen molar-refractivity contribution in [1.29, 1.82) is 0 Å². The lowest BCUT2D eigenvalue weighted by Gasteiger charge is -2.43. The van der Waals surface area contributed by atoms with E-state index in [-0.39, 0.29) is 30.6 Å². The molecule has 0 radical (unpaired) electrons. The summed E-state index contributed by atoms with van der Waals surface area (Å²) in [5.41, 5.74) is 1.35. The number of fused-ring (bicyclic) bond motifs is 1. The van der Waals surface area contributed by atoms with Crippen molar-refractivity contribution >= 4 is 17.6 Å². The maximum Gasteiger partial charge on any atom is 0.322 e. The minimum atomic E-state index is -0.255. The average molecular weight is 341 g/mol. The summed E-state index contributed by atoms with van der Waals surface area (Å²) in [7, 11) is 0. The number of piperazine rings is 1. The maximum absolute atomic E-state index is 12.7. The third kappa shape index (κ3) is 3.19. The molecule has 0 spiro atoms. The second-order valence-electron chi connectivity index (χ2n) is 6.41. The van der Waals surface area contributed by atoms with Crippen LogP contribution in [0.1, 0.15) is 25.7 Å². The van der Waals surface area contributed by atoms with Crippen LogP contribution in [0, 0.1) is 0 Å². The van der Waals surface area contributed by atoms with E-state index in [4.69, 9.17) is 4.42 Å². The van der Waals surface area contributed by atoms with Gasteiger partial charge in [-0.05, 0) is 31.0 Å². The fourth-order valence-electron chi connectivity index (χ4n) is 3.62. The first-order chi connectivity index (χ1) is 12.2. The van der Waals surface area contributed by atoms with Gasteiger partial charge in [-0.2, -0.15) is 0 Å². The van der Waals surface area contributed by atoms with Crippen molar-refractivity contribution < 1.29 is 14.0 Å². The summed E-state index contributed by atoms with van der Waals surface area (Å²) in [6.07, 6.45) is 5.26. The van der Waals surface area contributed by atoms with Gasteiger partial charge in [0.05, 0.1) is 6.04 Å². The van der Waals surface area contributed by atoms with Gasteiger partial charge in [0.25, 0.3) is 0 Å². The number of benzene rings is 1. The summed E-state index contributed by atoms with van der Waals surface area (Å²) in [6.45, 7) is 0.0936. The van der Waals surface area contributed by atoms with Gasteiger partial charge in [-0.1, -0.05) is 18.9 Å². The lowest BCUT2D eigenvalue weighted by atomic mass is 9.87. The molecule has 8 nitrogen and oxygen atoms in total. The number of carbonyl (C=O) groups is 2. The van der Waals surface area contributed by atoms with Gasteiger partial charge < -0.3 is 20.0 Å². The first kappa shape index (κ1) is 15.6. The molecule has 4 rings (SSSR count). The highest BCUT2D eigenvalue weighted by Gasteiger charge is 2.38. The maximum atomic E-state index is 12.7. The molecule has 0 unspecified atom stereocenters. The molecule has 1 aliphatic heterocycles. The van der Waals surface area contributed by atoms with Crippen molar-refractivity contribution in [3.63, 3.8) is 0 Å². The summed E-state index contributed by atoms with van der Waals surface area (Å²) >= 11 is 0. The van der Waals surface area contributed by atoms with Gasteiger partial charge in [-0.3, -0.25) is 4.79 Å². The molecule has 1 saturated heterocycles. The fraction of sp³-hybridized carbons (Fsp3) is 0.412. The van der Waals surface area contributed by atoms with Crippen molar-refractivity contribution in [3.8, 4) is 11.5 Å². The van der Waals surface area contributed by atoms with Gasteiger partial charge >= 0.3 is 6.03 Å². The first-order valence-electron chi connectivity index (χ1n) is 8.44. The molecular formula is C17H19N5O3. The Morgan fingerprint density at radius 2 is 2.20 bits per heavy atom. The molecule has 2 aromatic rings. The van der Waals surface area contributed by atoms with Gasteiger partial charge in [-0.15, -0.1) is 10.2 Å². The zero-order chi connectivity index (χ0) is 17.2. The van der Waals surface area contributed by atoms with E-state index in [1.807, 2.05) is 12.1 Å². The molecule has 1 saturated carbocycles. The fourth-order valence-corrected chi connectivity index (χ4v) is 3.62. The number of anilines is 1. The van der Waals surface area contributed by atoms with Gasteiger partial charge in [0, 0.05) is 17.3 Å². The molecule has 1 aromatic heterocycles. The third-order valence-electron chi connectivity index (χ3n) is 4.77. The molecule has 130 valence electrons. The number of nitrogens with zero attached hydrogens (tertiary/aromatic N) is 3. The van der Waals surface area contributed by atoms with Gasteiger partial charge in [0.2, 0.25) is 18.2 Å². The van der Waals surface area contributed by atoms with E-state index in [2.05, 4.69) is 20.8 Å². The largest absolute Gasteiger partial charge is 0.423 e. The lowest BCUT2D eigenvalue weighted by molar-refractivity contribution is -0.126. The van der Waals surface area contributed by atoms with E-state index in [0.29, 0.717) is 11.6 Å². The molecule has 1 aliphatic carbocycles. The molecular weight excluding hydrogens is 322 g/mol. The molecule has 2 fully saturated rings. The summed E-state index contributed by atoms with van der Waals surface area (Å²) in [5, 5.41) is 13.4. The van der Waals surface area contributed by atoms with Gasteiger partial charge in [0.1, 0.15) is 6.54 Å². The molecule has 1 aromatic carbocycles. The SMILES string of the molecule is O=C1CN(C(=O)Nc2cccc(-c3nnco3)c2)[C@@H]2CCCC[C@H]2N1. The van der Waals surface area contributed by atoms with Crippen LogP contribution in [-0.2, 0) is 4.79 Å². The van der Waals surface area contributed by atoms with Crippen molar-refractivity contribution in [2.45, 2.75) is 37.8 Å². The molecule has 3 amide bonds. The normalized spacial score (nSPS) is 22.9. The number of hydrogen-bond acceptors (Lipinski definition) is 5. The Morgan fingerprint density at radius 3 is 3.04 bits per heavy atom. The minimum Gasteiger partial charge on any atom is -0.423 e. The molecule has 2 atom stereocenters. The van der Waals surface area contributed by atoms with Crippen LogP contribution in [0.2, 0.25) is 0 Å². The van der Waals surface area contributed by atoms with E-state index in [0.717, 1.165) is 31.2 Å². The molecule has 8 heteroatoms. The average Bonchev–Trinajstić information content (AvgIpc) is 3.16. The van der Waals surface area contributed by atoms with Crippen LogP contribution < -0.4 is 10.6 Å². The molecule has 2 heterocycles. The van der Waals surface area contributed by atoms with Crippen LogP contribution in [0.15, 0.2) is 35.1 Å². The standard InChI is InChI=1S/C17H19N5O3/c23-15-9-22(14-7-2-1-6-13(14)20-15)17(24)19-12-5-3-4-11(8-12)16-21-18-10-25-16/h3-5,8,10,13-14H,1-2,6-7,9H2,(H,19,24)(H,20,23)/t13-,14-/m1/s1. The van der Waals surface area contributed by atoms with E-state index < -0.39 is 0 Å². The number of urea groups is 1. The van der Waals surface area contributed by atoms with Crippen molar-refractivity contribution in [3.05, 3.63) is 30.7 Å². The Balaban J connectivity index is 1.51. The molecule has 25 heavy (non-hydrogen) atoms. The summed E-state index contributed by atoms with van der Waals surface area (Å²) in [5.74, 6) is 0.290. The third-order valence-corrected chi connectivity index (χ3v) is 4.77. The zero-order valence-electron chi connectivity index (χ0n) is 13.6. The Labute approximate surface area is 144 Å². The molecule has 0 bridgehead atoms. The van der Waals surface area contributed by atoms with E-state index in [1.54, 1.807) is 17.0 Å². The Kier molecular flexibility index (Phi) is 4.09. The summed E-state index contributed by atoms with van der Waals surface area (Å²) in [6, 6.07) is 7.06. The monoisotopic (exact) mass is 341 g/mol. The van der Waals surface area contributed by atoms with Crippen LogP contribution >= 0.6 is 0 Å². The highest BCUT2D eigenvalue weighted by atomic mass is 16.4. The quantitative estimate of drug-likeness (QED) is 0.870. The minimum absolute atomic E-state index is 0.0606. The topological polar surface area (TPSA) is 100 Å². The second kappa shape index (κ2) is 6.54. The number of rotatable bonds is 2. The summed E-state index contributed by atoms with van der Waals surface area (Å²) < 4.78 is 5.18. The number of nitrogens with one attached hydrogen (secondary N) is 2. The highest BCUT2D eigenvalue weighted by Crippen LogP contribution is 2.27. The number of amides is 3. The van der Waals surface area contributed by atoms with E-state index in [9.17, 15) is 9.59 Å². The van der Waals surface area contributed by atoms with Gasteiger partial charge in [0.15, 0.2) is 0 Å². The van der Waals surface area contributed by atoms with Crippen LogP contribution in [0.5, 0.6) is 0 Å². The van der Waals surface area contributed by atoms with Crippen LogP contribution in [0.25, 0.3) is 11.5 Å². The van der Waals surface area contributed by atoms with Crippen LogP contribution in [-0.4, -0.2) is 45.7 Å². The first-order valence-corrected chi connectivity index (χ1v) is 8.44. The predicted molar refractivity (Wildman–Crippen MR) is 89.6 cm³/mol.